The van der Waals surface area contributed by atoms with Gasteiger partial charge in [-0.25, -0.2) is 0 Å². The van der Waals surface area contributed by atoms with Crippen molar-refractivity contribution >= 4 is 0 Å². The Kier molecular flexibility index (Phi) is 4.08. The van der Waals surface area contributed by atoms with Gasteiger partial charge in [-0.3, -0.25) is 9.58 Å². The molecule has 0 saturated carbocycles. The zero-order valence-electron chi connectivity index (χ0n) is 13.1. The van der Waals surface area contributed by atoms with Gasteiger partial charge in [-0.2, -0.15) is 5.10 Å². The smallest absolute Gasteiger partial charge is 0.0682 e. The van der Waals surface area contributed by atoms with Gasteiger partial charge in [-0.05, 0) is 38.1 Å². The van der Waals surface area contributed by atoms with E-state index in [4.69, 9.17) is 0 Å². The third kappa shape index (κ3) is 3.01. The fraction of sp³-hybridized carbons (Fsp3) is 0.471. The minimum absolute atomic E-state index is 0.635. The molecule has 1 aliphatic heterocycles. The SMILES string of the molecule is CNC1CCN(Cc2ccc(C)cc2-c2ccnn2C)C1. The maximum atomic E-state index is 4.31. The first kappa shape index (κ1) is 14.3. The Morgan fingerprint density at radius 2 is 2.19 bits per heavy atom. The standard InChI is InChI=1S/C17H24N4/c1-13-4-5-14(11-21-9-7-15(12-21)18-2)16(10-13)17-6-8-19-20(17)3/h4-6,8,10,15,18H,7,9,11-12H2,1-3H3. The van der Waals surface area contributed by atoms with Crippen LogP contribution in [0.15, 0.2) is 30.5 Å². The molecule has 3 rings (SSSR count). The number of aromatic nitrogens is 2. The van der Waals surface area contributed by atoms with Gasteiger partial charge in [0.2, 0.25) is 0 Å². The Labute approximate surface area is 126 Å². The summed E-state index contributed by atoms with van der Waals surface area (Å²) in [5, 5.41) is 7.70. The van der Waals surface area contributed by atoms with Crippen LogP contribution in [-0.2, 0) is 13.6 Å². The van der Waals surface area contributed by atoms with Crippen molar-refractivity contribution in [2.45, 2.75) is 25.9 Å². The van der Waals surface area contributed by atoms with Gasteiger partial charge in [-0.1, -0.05) is 17.7 Å². The van der Waals surface area contributed by atoms with Crippen LogP contribution in [0.5, 0.6) is 0 Å². The lowest BCUT2D eigenvalue weighted by Gasteiger charge is -2.19. The maximum Gasteiger partial charge on any atom is 0.0682 e. The highest BCUT2D eigenvalue weighted by atomic mass is 15.3. The molecule has 1 aromatic heterocycles. The lowest BCUT2D eigenvalue weighted by molar-refractivity contribution is 0.323. The Bertz CT molecular complexity index is 617. The van der Waals surface area contributed by atoms with Crippen LogP contribution in [0, 0.1) is 6.92 Å². The summed E-state index contributed by atoms with van der Waals surface area (Å²) in [5.74, 6) is 0. The van der Waals surface area contributed by atoms with Gasteiger partial charge in [0.05, 0.1) is 5.69 Å². The first-order chi connectivity index (χ1) is 10.2. The van der Waals surface area contributed by atoms with Gasteiger partial charge in [-0.15, -0.1) is 0 Å². The summed E-state index contributed by atoms with van der Waals surface area (Å²) in [6.07, 6.45) is 3.11. The molecule has 4 nitrogen and oxygen atoms in total. The fourth-order valence-corrected chi connectivity index (χ4v) is 3.16. The lowest BCUT2D eigenvalue weighted by Crippen LogP contribution is -2.29. The van der Waals surface area contributed by atoms with Crippen molar-refractivity contribution in [3.63, 3.8) is 0 Å². The first-order valence-electron chi connectivity index (χ1n) is 7.65. The van der Waals surface area contributed by atoms with Crippen molar-refractivity contribution in [3.05, 3.63) is 41.6 Å². The zero-order valence-corrected chi connectivity index (χ0v) is 13.1. The van der Waals surface area contributed by atoms with Crippen LogP contribution >= 0.6 is 0 Å². The predicted octanol–water partition coefficient (Wildman–Crippen LogP) is 2.19. The summed E-state index contributed by atoms with van der Waals surface area (Å²) in [7, 11) is 4.06. The molecule has 21 heavy (non-hydrogen) atoms. The molecule has 1 saturated heterocycles. The van der Waals surface area contributed by atoms with Crippen molar-refractivity contribution in [1.29, 1.82) is 0 Å². The molecule has 1 N–H and O–H groups in total. The molecule has 0 amide bonds. The number of rotatable bonds is 4. The van der Waals surface area contributed by atoms with E-state index in [1.807, 2.05) is 17.9 Å². The molecule has 1 aliphatic rings. The van der Waals surface area contributed by atoms with Crippen LogP contribution in [0.25, 0.3) is 11.3 Å². The van der Waals surface area contributed by atoms with Crippen molar-refractivity contribution < 1.29 is 0 Å². The average molecular weight is 284 g/mol. The van der Waals surface area contributed by atoms with Crippen molar-refractivity contribution in [1.82, 2.24) is 20.0 Å². The van der Waals surface area contributed by atoms with E-state index in [0.29, 0.717) is 6.04 Å². The van der Waals surface area contributed by atoms with E-state index < -0.39 is 0 Å². The molecule has 1 fully saturated rings. The molecule has 0 spiro atoms. The van der Waals surface area contributed by atoms with Crippen LogP contribution in [-0.4, -0.2) is 40.9 Å². The zero-order chi connectivity index (χ0) is 14.8. The Morgan fingerprint density at radius 1 is 1.33 bits per heavy atom. The van der Waals surface area contributed by atoms with E-state index in [1.165, 1.54) is 35.3 Å². The van der Waals surface area contributed by atoms with Gasteiger partial charge >= 0.3 is 0 Å². The quantitative estimate of drug-likeness (QED) is 0.934. The van der Waals surface area contributed by atoms with Gasteiger partial charge in [0.15, 0.2) is 0 Å². The minimum atomic E-state index is 0.635. The summed E-state index contributed by atoms with van der Waals surface area (Å²) in [6, 6.07) is 9.48. The molecular weight excluding hydrogens is 260 g/mol. The van der Waals surface area contributed by atoms with Crippen LogP contribution in [0.1, 0.15) is 17.5 Å². The fourth-order valence-electron chi connectivity index (χ4n) is 3.16. The topological polar surface area (TPSA) is 33.1 Å². The molecular formula is C17H24N4. The maximum absolute atomic E-state index is 4.31. The van der Waals surface area contributed by atoms with Crippen LogP contribution in [0.2, 0.25) is 0 Å². The largest absolute Gasteiger partial charge is 0.316 e. The monoisotopic (exact) mass is 284 g/mol. The summed E-state index contributed by atoms with van der Waals surface area (Å²) < 4.78 is 1.96. The third-order valence-electron chi connectivity index (χ3n) is 4.44. The number of nitrogens with zero attached hydrogens (tertiary/aromatic N) is 3. The summed E-state index contributed by atoms with van der Waals surface area (Å²) in [5.41, 5.74) is 5.19. The third-order valence-corrected chi connectivity index (χ3v) is 4.44. The Hall–Kier alpha value is -1.65. The Balaban J connectivity index is 1.87. The minimum Gasteiger partial charge on any atom is -0.316 e. The van der Waals surface area contributed by atoms with Crippen LogP contribution in [0.3, 0.4) is 0 Å². The van der Waals surface area contributed by atoms with E-state index in [-0.39, 0.29) is 0 Å². The number of likely N-dealkylation sites (tertiary alicyclic amines) is 1. The molecule has 112 valence electrons. The second kappa shape index (κ2) is 6.00. The van der Waals surface area contributed by atoms with E-state index >= 15 is 0 Å². The summed E-state index contributed by atoms with van der Waals surface area (Å²) in [6.45, 7) is 5.47. The van der Waals surface area contributed by atoms with Gasteiger partial charge in [0.1, 0.15) is 0 Å². The molecule has 1 aromatic carbocycles. The number of aryl methyl sites for hydroxylation is 2. The molecule has 1 unspecified atom stereocenters. The predicted molar refractivity (Wildman–Crippen MR) is 86.1 cm³/mol. The van der Waals surface area contributed by atoms with Crippen molar-refractivity contribution in [2.24, 2.45) is 7.05 Å². The van der Waals surface area contributed by atoms with Gasteiger partial charge in [0.25, 0.3) is 0 Å². The highest BCUT2D eigenvalue weighted by molar-refractivity contribution is 5.64. The van der Waals surface area contributed by atoms with Crippen molar-refractivity contribution in [3.8, 4) is 11.3 Å². The van der Waals surface area contributed by atoms with Crippen LogP contribution < -0.4 is 5.32 Å². The number of hydrogen-bond donors (Lipinski definition) is 1. The Morgan fingerprint density at radius 3 is 2.86 bits per heavy atom. The normalized spacial score (nSPS) is 19.3. The van der Waals surface area contributed by atoms with Crippen molar-refractivity contribution in [2.75, 3.05) is 20.1 Å². The van der Waals surface area contributed by atoms with Gasteiger partial charge in [0, 0.05) is 44.5 Å². The highest BCUT2D eigenvalue weighted by Crippen LogP contribution is 2.26. The molecule has 1 atom stereocenters. The molecule has 4 heteroatoms. The molecule has 2 heterocycles. The van der Waals surface area contributed by atoms with Gasteiger partial charge < -0.3 is 5.32 Å². The molecule has 0 radical (unpaired) electrons. The number of hydrogen-bond acceptors (Lipinski definition) is 3. The van der Waals surface area contributed by atoms with Crippen LogP contribution in [0.4, 0.5) is 0 Å². The second-order valence-electron chi connectivity index (χ2n) is 6.01. The lowest BCUT2D eigenvalue weighted by atomic mass is 10.0. The molecule has 0 aliphatic carbocycles. The first-order valence-corrected chi connectivity index (χ1v) is 7.65. The van der Waals surface area contributed by atoms with E-state index in [2.05, 4.69) is 53.6 Å². The van der Waals surface area contributed by atoms with E-state index in [1.54, 1.807) is 0 Å². The average Bonchev–Trinajstić information content (AvgIpc) is 3.09. The summed E-state index contributed by atoms with van der Waals surface area (Å²) >= 11 is 0. The summed E-state index contributed by atoms with van der Waals surface area (Å²) in [4.78, 5) is 2.53. The molecule has 0 bridgehead atoms. The highest BCUT2D eigenvalue weighted by Gasteiger charge is 2.22. The van der Waals surface area contributed by atoms with E-state index in [0.717, 1.165) is 13.1 Å². The van der Waals surface area contributed by atoms with E-state index in [9.17, 15) is 0 Å². The number of likely N-dealkylation sites (N-methyl/N-ethyl adjacent to an activating group) is 1. The molecule has 2 aromatic rings. The number of benzene rings is 1. The second-order valence-corrected chi connectivity index (χ2v) is 6.01. The number of nitrogens with one attached hydrogen (secondary N) is 1.